The minimum Gasteiger partial charge on any atom is -0.497 e. The van der Waals surface area contributed by atoms with Crippen molar-refractivity contribution < 1.29 is 9.47 Å². The number of ether oxygens (including phenoxy) is 2. The molecule has 0 fully saturated rings. The van der Waals surface area contributed by atoms with Crippen molar-refractivity contribution in [3.63, 3.8) is 0 Å². The van der Waals surface area contributed by atoms with Gasteiger partial charge in [-0.25, -0.2) is 0 Å². The lowest BCUT2D eigenvalue weighted by Crippen LogP contribution is -1.97. The molecule has 0 radical (unpaired) electrons. The molecule has 0 saturated heterocycles. The van der Waals surface area contributed by atoms with Gasteiger partial charge in [0.05, 0.1) is 7.11 Å². The highest BCUT2D eigenvalue weighted by Gasteiger charge is 2.02. The molecule has 0 atom stereocenters. The highest BCUT2D eigenvalue weighted by atomic mass is 79.9. The Morgan fingerprint density at radius 1 is 1.00 bits per heavy atom. The summed E-state index contributed by atoms with van der Waals surface area (Å²) < 4.78 is 10.9. The second-order valence-electron chi connectivity index (χ2n) is 3.88. The highest BCUT2D eigenvalue weighted by Crippen LogP contribution is 2.22. The Morgan fingerprint density at radius 2 is 1.72 bits per heavy atom. The van der Waals surface area contributed by atoms with E-state index in [2.05, 4.69) is 22.0 Å². The number of hydrogen-bond acceptors (Lipinski definition) is 2. The maximum Gasteiger partial charge on any atom is 0.123 e. The van der Waals surface area contributed by atoms with Crippen LogP contribution in [0.3, 0.4) is 0 Å². The molecule has 3 heteroatoms. The van der Waals surface area contributed by atoms with Crippen LogP contribution in [0.4, 0.5) is 0 Å². The van der Waals surface area contributed by atoms with Gasteiger partial charge in [0.2, 0.25) is 0 Å². The van der Waals surface area contributed by atoms with Gasteiger partial charge in [-0.3, -0.25) is 0 Å². The quantitative estimate of drug-likeness (QED) is 0.772. The third kappa shape index (κ3) is 3.26. The maximum absolute atomic E-state index is 5.82. The Labute approximate surface area is 116 Å². The van der Waals surface area contributed by atoms with Crippen LogP contribution >= 0.6 is 15.9 Å². The molecule has 0 aliphatic rings. The lowest BCUT2D eigenvalue weighted by atomic mass is 10.2. The Morgan fingerprint density at radius 3 is 2.39 bits per heavy atom. The largest absolute Gasteiger partial charge is 0.497 e. The fourth-order valence-corrected chi connectivity index (χ4v) is 2.10. The summed E-state index contributed by atoms with van der Waals surface area (Å²) in [6.45, 7) is 0.563. The van der Waals surface area contributed by atoms with E-state index in [-0.39, 0.29) is 0 Å². The molecular weight excluding hydrogens is 292 g/mol. The predicted octanol–water partition coefficient (Wildman–Crippen LogP) is 4.17. The van der Waals surface area contributed by atoms with Gasteiger partial charge in [0.1, 0.15) is 18.1 Å². The minimum atomic E-state index is 0.563. The number of alkyl halides is 1. The van der Waals surface area contributed by atoms with Crippen LogP contribution in [-0.2, 0) is 11.9 Å². The lowest BCUT2D eigenvalue weighted by molar-refractivity contribution is 0.303. The van der Waals surface area contributed by atoms with Crippen LogP contribution in [0, 0.1) is 0 Å². The zero-order valence-electron chi connectivity index (χ0n) is 10.2. The number of methoxy groups -OCH3 is 1. The number of para-hydroxylation sites is 1. The summed E-state index contributed by atoms with van der Waals surface area (Å²) in [6, 6.07) is 15.9. The van der Waals surface area contributed by atoms with Crippen LogP contribution in [0.15, 0.2) is 48.5 Å². The Kier molecular flexibility index (Phi) is 4.65. The second-order valence-corrected chi connectivity index (χ2v) is 4.44. The Hall–Kier alpha value is -1.48. The normalized spacial score (nSPS) is 10.1. The fraction of sp³-hybridized carbons (Fsp3) is 0.200. The Balaban J connectivity index is 2.02. The highest BCUT2D eigenvalue weighted by molar-refractivity contribution is 9.08. The van der Waals surface area contributed by atoms with E-state index >= 15 is 0 Å². The number of hydrogen-bond donors (Lipinski definition) is 0. The molecule has 0 saturated carbocycles. The second kappa shape index (κ2) is 6.45. The monoisotopic (exact) mass is 306 g/mol. The van der Waals surface area contributed by atoms with E-state index in [0.717, 1.165) is 28.0 Å². The summed E-state index contributed by atoms with van der Waals surface area (Å²) in [5.74, 6) is 1.78. The van der Waals surface area contributed by atoms with Crippen LogP contribution in [0.1, 0.15) is 11.1 Å². The molecular formula is C15H15BrO2. The van der Waals surface area contributed by atoms with Gasteiger partial charge in [-0.2, -0.15) is 0 Å². The van der Waals surface area contributed by atoms with Gasteiger partial charge in [0.15, 0.2) is 0 Å². The number of rotatable bonds is 5. The number of halogens is 1. The van der Waals surface area contributed by atoms with Gasteiger partial charge >= 0.3 is 0 Å². The Bertz CT molecular complexity index is 494. The predicted molar refractivity (Wildman–Crippen MR) is 76.4 cm³/mol. The van der Waals surface area contributed by atoms with Gasteiger partial charge in [-0.1, -0.05) is 46.3 Å². The molecule has 18 heavy (non-hydrogen) atoms. The summed E-state index contributed by atoms with van der Waals surface area (Å²) >= 11 is 3.46. The maximum atomic E-state index is 5.82. The topological polar surface area (TPSA) is 18.5 Å². The fourth-order valence-electron chi connectivity index (χ4n) is 1.64. The lowest BCUT2D eigenvalue weighted by Gasteiger charge is -2.10. The van der Waals surface area contributed by atoms with Crippen LogP contribution in [-0.4, -0.2) is 7.11 Å². The van der Waals surface area contributed by atoms with Gasteiger partial charge in [0, 0.05) is 10.9 Å². The summed E-state index contributed by atoms with van der Waals surface area (Å²) in [6.07, 6.45) is 0. The van der Waals surface area contributed by atoms with E-state index < -0.39 is 0 Å². The first-order valence-corrected chi connectivity index (χ1v) is 6.85. The summed E-state index contributed by atoms with van der Waals surface area (Å²) in [5, 5.41) is 0.797. The third-order valence-corrected chi connectivity index (χ3v) is 3.27. The molecule has 0 N–H and O–H groups in total. The van der Waals surface area contributed by atoms with Crippen LogP contribution < -0.4 is 9.47 Å². The smallest absolute Gasteiger partial charge is 0.123 e. The molecule has 0 amide bonds. The molecule has 94 valence electrons. The third-order valence-electron chi connectivity index (χ3n) is 2.67. The molecule has 0 aliphatic heterocycles. The van der Waals surface area contributed by atoms with Crippen LogP contribution in [0.2, 0.25) is 0 Å². The van der Waals surface area contributed by atoms with E-state index in [1.165, 1.54) is 0 Å². The van der Waals surface area contributed by atoms with Gasteiger partial charge in [0.25, 0.3) is 0 Å². The van der Waals surface area contributed by atoms with Crippen molar-refractivity contribution in [1.82, 2.24) is 0 Å². The van der Waals surface area contributed by atoms with Gasteiger partial charge in [-0.15, -0.1) is 0 Å². The molecule has 0 bridgehead atoms. The van der Waals surface area contributed by atoms with E-state index in [1.54, 1.807) is 7.11 Å². The standard InChI is InChI=1S/C15H15BrO2/c1-17-14-8-6-12(7-9-14)11-18-15-5-3-2-4-13(15)10-16/h2-9H,10-11H2,1H3. The van der Waals surface area contributed by atoms with Crippen molar-refractivity contribution in [2.45, 2.75) is 11.9 Å². The first kappa shape index (κ1) is 13.0. The zero-order valence-corrected chi connectivity index (χ0v) is 11.8. The van der Waals surface area contributed by atoms with E-state index in [1.807, 2.05) is 42.5 Å². The molecule has 0 heterocycles. The van der Waals surface area contributed by atoms with Crippen molar-refractivity contribution in [2.24, 2.45) is 0 Å². The number of benzene rings is 2. The van der Waals surface area contributed by atoms with Crippen LogP contribution in [0.5, 0.6) is 11.5 Å². The van der Waals surface area contributed by atoms with Gasteiger partial charge < -0.3 is 9.47 Å². The van der Waals surface area contributed by atoms with E-state index in [9.17, 15) is 0 Å². The summed E-state index contributed by atoms with van der Waals surface area (Å²) in [4.78, 5) is 0. The van der Waals surface area contributed by atoms with Crippen LogP contribution in [0.25, 0.3) is 0 Å². The van der Waals surface area contributed by atoms with Crippen molar-refractivity contribution in [2.75, 3.05) is 7.11 Å². The molecule has 0 aromatic heterocycles. The molecule has 2 nitrogen and oxygen atoms in total. The van der Waals surface area contributed by atoms with Crippen molar-refractivity contribution >= 4 is 15.9 Å². The zero-order chi connectivity index (χ0) is 12.8. The first-order chi connectivity index (χ1) is 8.83. The van der Waals surface area contributed by atoms with Gasteiger partial charge in [-0.05, 0) is 23.8 Å². The van der Waals surface area contributed by atoms with E-state index in [4.69, 9.17) is 9.47 Å². The van der Waals surface area contributed by atoms with Crippen molar-refractivity contribution in [1.29, 1.82) is 0 Å². The van der Waals surface area contributed by atoms with Crippen molar-refractivity contribution in [3.8, 4) is 11.5 Å². The molecule has 0 unspecified atom stereocenters. The molecule has 2 aromatic rings. The minimum absolute atomic E-state index is 0.563. The summed E-state index contributed by atoms with van der Waals surface area (Å²) in [5.41, 5.74) is 2.28. The molecule has 0 aliphatic carbocycles. The summed E-state index contributed by atoms with van der Waals surface area (Å²) in [7, 11) is 1.66. The first-order valence-electron chi connectivity index (χ1n) is 5.73. The van der Waals surface area contributed by atoms with E-state index in [0.29, 0.717) is 6.61 Å². The molecule has 2 aromatic carbocycles. The average Bonchev–Trinajstić information content (AvgIpc) is 2.46. The van der Waals surface area contributed by atoms with Crippen molar-refractivity contribution in [3.05, 3.63) is 59.7 Å². The molecule has 2 rings (SSSR count). The average molecular weight is 307 g/mol. The SMILES string of the molecule is COc1ccc(COc2ccccc2CBr)cc1. The molecule has 0 spiro atoms.